The van der Waals surface area contributed by atoms with Gasteiger partial charge in [0.25, 0.3) is 0 Å². The SMILES string of the molecule is CCn1nc(C)c(Cl)c1CC(N)CCCOC. The van der Waals surface area contributed by atoms with Crippen LogP contribution in [0.1, 0.15) is 31.2 Å². The van der Waals surface area contributed by atoms with Gasteiger partial charge in [-0.15, -0.1) is 0 Å². The van der Waals surface area contributed by atoms with Gasteiger partial charge in [0, 0.05) is 32.7 Å². The summed E-state index contributed by atoms with van der Waals surface area (Å²) in [5.74, 6) is 0. The number of hydrogen-bond donors (Lipinski definition) is 1. The quantitative estimate of drug-likeness (QED) is 0.764. The average Bonchev–Trinajstić information content (AvgIpc) is 2.57. The Labute approximate surface area is 108 Å². The maximum absolute atomic E-state index is 6.23. The van der Waals surface area contributed by atoms with Crippen molar-refractivity contribution in [2.24, 2.45) is 5.73 Å². The number of methoxy groups -OCH3 is 1. The van der Waals surface area contributed by atoms with Crippen LogP contribution in [0, 0.1) is 6.92 Å². The number of halogens is 1. The van der Waals surface area contributed by atoms with E-state index in [0.29, 0.717) is 0 Å². The highest BCUT2D eigenvalue weighted by atomic mass is 35.5. The van der Waals surface area contributed by atoms with Gasteiger partial charge in [0.15, 0.2) is 0 Å². The maximum Gasteiger partial charge on any atom is 0.0847 e. The summed E-state index contributed by atoms with van der Waals surface area (Å²) in [7, 11) is 1.71. The van der Waals surface area contributed by atoms with Gasteiger partial charge >= 0.3 is 0 Å². The molecule has 4 nitrogen and oxygen atoms in total. The van der Waals surface area contributed by atoms with Crippen LogP contribution in [0.2, 0.25) is 5.02 Å². The van der Waals surface area contributed by atoms with Crippen LogP contribution in [0.25, 0.3) is 0 Å². The van der Waals surface area contributed by atoms with Crippen molar-refractivity contribution in [3.63, 3.8) is 0 Å². The van der Waals surface area contributed by atoms with Crippen molar-refractivity contribution in [2.45, 2.75) is 45.7 Å². The summed E-state index contributed by atoms with van der Waals surface area (Å²) in [5, 5.41) is 5.14. The highest BCUT2D eigenvalue weighted by molar-refractivity contribution is 6.31. The Morgan fingerprint density at radius 1 is 1.53 bits per heavy atom. The minimum atomic E-state index is 0.115. The average molecular weight is 260 g/mol. The summed E-state index contributed by atoms with van der Waals surface area (Å²) in [4.78, 5) is 0. The van der Waals surface area contributed by atoms with Gasteiger partial charge in [-0.05, 0) is 26.7 Å². The highest BCUT2D eigenvalue weighted by Crippen LogP contribution is 2.22. The van der Waals surface area contributed by atoms with Crippen LogP contribution < -0.4 is 5.73 Å². The van der Waals surface area contributed by atoms with E-state index in [-0.39, 0.29) is 6.04 Å². The van der Waals surface area contributed by atoms with Crippen LogP contribution in [-0.2, 0) is 17.7 Å². The van der Waals surface area contributed by atoms with Gasteiger partial charge in [-0.2, -0.15) is 5.10 Å². The first-order valence-electron chi connectivity index (χ1n) is 6.06. The third kappa shape index (κ3) is 3.98. The molecule has 0 saturated carbocycles. The molecular formula is C12H22ClN3O. The van der Waals surface area contributed by atoms with Crippen molar-refractivity contribution in [1.82, 2.24) is 9.78 Å². The zero-order valence-corrected chi connectivity index (χ0v) is 11.6. The Morgan fingerprint density at radius 3 is 2.82 bits per heavy atom. The summed E-state index contributed by atoms with van der Waals surface area (Å²) >= 11 is 6.23. The molecule has 1 aromatic rings. The Balaban J connectivity index is 2.60. The molecule has 0 radical (unpaired) electrons. The predicted octanol–water partition coefficient (Wildman–Crippen LogP) is 2.16. The van der Waals surface area contributed by atoms with Crippen LogP contribution in [0.3, 0.4) is 0 Å². The van der Waals surface area contributed by atoms with E-state index < -0.39 is 0 Å². The number of nitrogens with two attached hydrogens (primary N) is 1. The van der Waals surface area contributed by atoms with E-state index in [1.54, 1.807) is 7.11 Å². The van der Waals surface area contributed by atoms with Crippen molar-refractivity contribution in [3.05, 3.63) is 16.4 Å². The van der Waals surface area contributed by atoms with E-state index in [1.165, 1.54) is 0 Å². The van der Waals surface area contributed by atoms with E-state index >= 15 is 0 Å². The smallest absolute Gasteiger partial charge is 0.0847 e. The number of hydrogen-bond acceptors (Lipinski definition) is 3. The first-order valence-corrected chi connectivity index (χ1v) is 6.44. The first kappa shape index (κ1) is 14.5. The Kier molecular flexibility index (Phi) is 5.95. The zero-order chi connectivity index (χ0) is 12.8. The molecule has 0 fully saturated rings. The molecule has 1 aromatic heterocycles. The summed E-state index contributed by atoms with van der Waals surface area (Å²) in [6.45, 7) is 5.57. The van der Waals surface area contributed by atoms with Crippen molar-refractivity contribution in [1.29, 1.82) is 0 Å². The molecule has 0 spiro atoms. The third-order valence-corrected chi connectivity index (χ3v) is 3.32. The number of aromatic nitrogens is 2. The summed E-state index contributed by atoms with van der Waals surface area (Å²) < 4.78 is 6.95. The largest absolute Gasteiger partial charge is 0.385 e. The molecule has 0 aromatic carbocycles. The lowest BCUT2D eigenvalue weighted by molar-refractivity contribution is 0.190. The predicted molar refractivity (Wildman–Crippen MR) is 70.4 cm³/mol. The second-order valence-electron chi connectivity index (χ2n) is 4.26. The summed E-state index contributed by atoms with van der Waals surface area (Å²) in [6, 6.07) is 0.115. The van der Waals surface area contributed by atoms with Crippen molar-refractivity contribution in [3.8, 4) is 0 Å². The molecule has 1 unspecified atom stereocenters. The Morgan fingerprint density at radius 2 is 2.24 bits per heavy atom. The molecule has 1 rings (SSSR count). The van der Waals surface area contributed by atoms with Crippen LogP contribution in [-0.4, -0.2) is 29.5 Å². The van der Waals surface area contributed by atoms with Crippen LogP contribution in [0.5, 0.6) is 0 Å². The minimum absolute atomic E-state index is 0.115. The molecule has 0 aliphatic rings. The number of nitrogens with zero attached hydrogens (tertiary/aromatic N) is 2. The van der Waals surface area contributed by atoms with Gasteiger partial charge in [-0.25, -0.2) is 0 Å². The molecule has 98 valence electrons. The highest BCUT2D eigenvalue weighted by Gasteiger charge is 2.15. The zero-order valence-electron chi connectivity index (χ0n) is 10.9. The van der Waals surface area contributed by atoms with Crippen molar-refractivity contribution < 1.29 is 4.74 Å². The monoisotopic (exact) mass is 259 g/mol. The van der Waals surface area contributed by atoms with Crippen molar-refractivity contribution in [2.75, 3.05) is 13.7 Å². The molecule has 0 amide bonds. The first-order chi connectivity index (χ1) is 8.10. The molecule has 2 N–H and O–H groups in total. The van der Waals surface area contributed by atoms with Crippen molar-refractivity contribution >= 4 is 11.6 Å². The molecule has 0 aliphatic carbocycles. The molecule has 1 heterocycles. The molecule has 5 heteroatoms. The Bertz CT molecular complexity index is 352. The van der Waals surface area contributed by atoms with Gasteiger partial charge in [0.05, 0.1) is 16.4 Å². The molecule has 0 bridgehead atoms. The van der Waals surface area contributed by atoms with Crippen LogP contribution >= 0.6 is 11.6 Å². The third-order valence-electron chi connectivity index (χ3n) is 2.83. The lowest BCUT2D eigenvalue weighted by Gasteiger charge is -2.12. The normalized spacial score (nSPS) is 13.0. The second kappa shape index (κ2) is 6.99. The van der Waals surface area contributed by atoms with Gasteiger partial charge in [-0.3, -0.25) is 4.68 Å². The topological polar surface area (TPSA) is 53.1 Å². The lowest BCUT2D eigenvalue weighted by Crippen LogP contribution is -2.25. The molecule has 1 atom stereocenters. The van der Waals surface area contributed by atoms with Crippen LogP contribution in [0.4, 0.5) is 0 Å². The number of ether oxygens (including phenoxy) is 1. The minimum Gasteiger partial charge on any atom is -0.385 e. The van der Waals surface area contributed by atoms with E-state index in [9.17, 15) is 0 Å². The van der Waals surface area contributed by atoms with Gasteiger partial charge < -0.3 is 10.5 Å². The Hall–Kier alpha value is -0.580. The summed E-state index contributed by atoms with van der Waals surface area (Å²) in [5.41, 5.74) is 8.03. The fraction of sp³-hybridized carbons (Fsp3) is 0.750. The molecule has 0 saturated heterocycles. The van der Waals surface area contributed by atoms with E-state index in [1.807, 2.05) is 11.6 Å². The number of aryl methyl sites for hydroxylation is 2. The maximum atomic E-state index is 6.23. The molecule has 0 aliphatic heterocycles. The van der Waals surface area contributed by atoms with E-state index in [4.69, 9.17) is 22.1 Å². The fourth-order valence-corrected chi connectivity index (χ4v) is 2.12. The van der Waals surface area contributed by atoms with Gasteiger partial charge in [-0.1, -0.05) is 11.6 Å². The lowest BCUT2D eigenvalue weighted by atomic mass is 10.1. The fourth-order valence-electron chi connectivity index (χ4n) is 1.90. The molecule has 17 heavy (non-hydrogen) atoms. The van der Waals surface area contributed by atoms with E-state index in [2.05, 4.69) is 12.0 Å². The molecular weight excluding hydrogens is 238 g/mol. The second-order valence-corrected chi connectivity index (χ2v) is 4.64. The van der Waals surface area contributed by atoms with E-state index in [0.717, 1.165) is 48.8 Å². The van der Waals surface area contributed by atoms with Gasteiger partial charge in [0.1, 0.15) is 0 Å². The standard InChI is InChI=1S/C12H22ClN3O/c1-4-16-11(12(13)9(2)15-16)8-10(14)6-5-7-17-3/h10H,4-8,14H2,1-3H3. The van der Waals surface area contributed by atoms with Crippen LogP contribution in [0.15, 0.2) is 0 Å². The summed E-state index contributed by atoms with van der Waals surface area (Å²) in [6.07, 6.45) is 2.70. The van der Waals surface area contributed by atoms with Gasteiger partial charge in [0.2, 0.25) is 0 Å². The number of rotatable bonds is 7.